The standard InChI is InChI=1S/C32H33Cl2FN4O5/c1-5-7-21-14-20(15-27(43-6-2)30(21)44-18-28(40)37-24-11-9-23(35)10-12-24)17-36-39-32(42)29(19(3)4)38-31(41)22-8-13-25(33)26(34)16-22/h5,8-17,19,29H,1,6-7,18H2,2-4H3,(H,37,40)(H,38,41)(H,39,42)/b36-17+. The van der Waals surface area contributed by atoms with Gasteiger partial charge in [0.1, 0.15) is 11.9 Å². The second-order valence-electron chi connectivity index (χ2n) is 9.84. The monoisotopic (exact) mass is 642 g/mol. The van der Waals surface area contributed by atoms with Crippen molar-refractivity contribution in [1.82, 2.24) is 10.7 Å². The van der Waals surface area contributed by atoms with Crippen molar-refractivity contribution in [2.24, 2.45) is 11.0 Å². The smallest absolute Gasteiger partial charge is 0.262 e. The summed E-state index contributed by atoms with van der Waals surface area (Å²) in [6, 6.07) is 12.4. The van der Waals surface area contributed by atoms with Crippen LogP contribution in [0.3, 0.4) is 0 Å². The highest BCUT2D eigenvalue weighted by atomic mass is 35.5. The van der Waals surface area contributed by atoms with Gasteiger partial charge in [0.15, 0.2) is 18.1 Å². The molecule has 3 rings (SSSR count). The third-order valence-electron chi connectivity index (χ3n) is 6.10. The van der Waals surface area contributed by atoms with Gasteiger partial charge < -0.3 is 20.1 Å². The van der Waals surface area contributed by atoms with E-state index in [1.807, 2.05) is 0 Å². The number of nitrogens with zero attached hydrogens (tertiary/aromatic N) is 1. The molecule has 0 aliphatic carbocycles. The molecule has 0 aliphatic heterocycles. The van der Waals surface area contributed by atoms with Crippen LogP contribution < -0.4 is 25.5 Å². The number of rotatable bonds is 14. The average Bonchev–Trinajstić information content (AvgIpc) is 2.98. The first kappa shape index (κ1) is 34.1. The number of carbonyl (C=O) groups is 3. The van der Waals surface area contributed by atoms with Gasteiger partial charge in [-0.1, -0.05) is 43.1 Å². The van der Waals surface area contributed by atoms with E-state index in [0.717, 1.165) is 0 Å². The summed E-state index contributed by atoms with van der Waals surface area (Å²) in [5.74, 6) is -1.40. The van der Waals surface area contributed by atoms with Gasteiger partial charge in [0.05, 0.1) is 22.9 Å². The maximum absolute atomic E-state index is 13.2. The summed E-state index contributed by atoms with van der Waals surface area (Å²) in [6.07, 6.45) is 3.48. The predicted molar refractivity (Wildman–Crippen MR) is 170 cm³/mol. The van der Waals surface area contributed by atoms with E-state index in [2.05, 4.69) is 27.7 Å². The van der Waals surface area contributed by atoms with E-state index in [-0.39, 0.29) is 23.1 Å². The zero-order valence-corrected chi connectivity index (χ0v) is 26.0. The number of halogens is 3. The summed E-state index contributed by atoms with van der Waals surface area (Å²) < 4.78 is 24.8. The van der Waals surface area contributed by atoms with Crippen molar-refractivity contribution in [1.29, 1.82) is 0 Å². The van der Waals surface area contributed by atoms with Gasteiger partial charge in [-0.25, -0.2) is 9.82 Å². The fraction of sp³-hybridized carbons (Fsp3) is 0.250. The third kappa shape index (κ3) is 9.82. The Labute approximate surface area is 265 Å². The third-order valence-corrected chi connectivity index (χ3v) is 6.84. The number of hydrogen-bond donors (Lipinski definition) is 3. The Hall–Kier alpha value is -4.41. The Kier molecular flexibility index (Phi) is 12.7. The minimum absolute atomic E-state index is 0.224. The number of allylic oxidation sites excluding steroid dienone is 1. The normalized spacial score (nSPS) is 11.6. The molecule has 0 saturated carbocycles. The average molecular weight is 644 g/mol. The summed E-state index contributed by atoms with van der Waals surface area (Å²) >= 11 is 12.0. The van der Waals surface area contributed by atoms with Gasteiger partial charge in [-0.05, 0) is 79.4 Å². The molecule has 0 radical (unpaired) electrons. The number of ether oxygens (including phenoxy) is 2. The molecule has 1 atom stereocenters. The van der Waals surface area contributed by atoms with Gasteiger partial charge in [0.2, 0.25) is 0 Å². The highest BCUT2D eigenvalue weighted by Crippen LogP contribution is 2.33. The number of anilines is 1. The number of hydrazone groups is 1. The quantitative estimate of drug-likeness (QED) is 0.110. The highest BCUT2D eigenvalue weighted by molar-refractivity contribution is 6.42. The molecule has 3 aromatic rings. The summed E-state index contributed by atoms with van der Waals surface area (Å²) in [4.78, 5) is 38.2. The Bertz CT molecular complexity index is 1530. The molecule has 3 N–H and O–H groups in total. The first-order valence-corrected chi connectivity index (χ1v) is 14.5. The molecule has 0 fully saturated rings. The molecule has 12 heteroatoms. The molecule has 9 nitrogen and oxygen atoms in total. The van der Waals surface area contributed by atoms with Crippen LogP contribution in [0.4, 0.5) is 10.1 Å². The Morgan fingerprint density at radius 1 is 1.02 bits per heavy atom. The van der Waals surface area contributed by atoms with E-state index in [1.165, 1.54) is 48.7 Å². The largest absolute Gasteiger partial charge is 0.490 e. The van der Waals surface area contributed by atoms with Gasteiger partial charge in [0, 0.05) is 16.8 Å². The van der Waals surface area contributed by atoms with Crippen LogP contribution in [0, 0.1) is 11.7 Å². The van der Waals surface area contributed by atoms with E-state index in [4.69, 9.17) is 32.7 Å². The van der Waals surface area contributed by atoms with Crippen molar-refractivity contribution >= 4 is 52.8 Å². The first-order chi connectivity index (χ1) is 21.0. The van der Waals surface area contributed by atoms with Crippen molar-refractivity contribution in [3.05, 3.63) is 99.8 Å². The van der Waals surface area contributed by atoms with Crippen molar-refractivity contribution in [3.8, 4) is 11.5 Å². The van der Waals surface area contributed by atoms with Crippen LogP contribution in [-0.4, -0.2) is 43.2 Å². The molecule has 3 aromatic carbocycles. The Balaban J connectivity index is 1.72. The molecule has 0 bridgehead atoms. The number of carbonyl (C=O) groups excluding carboxylic acids is 3. The number of nitrogens with one attached hydrogen (secondary N) is 3. The van der Waals surface area contributed by atoms with Gasteiger partial charge in [0.25, 0.3) is 17.7 Å². The van der Waals surface area contributed by atoms with Crippen LogP contribution in [0.1, 0.15) is 42.3 Å². The zero-order chi connectivity index (χ0) is 32.2. The molecule has 0 heterocycles. The second kappa shape index (κ2) is 16.4. The topological polar surface area (TPSA) is 118 Å². The van der Waals surface area contributed by atoms with Crippen molar-refractivity contribution < 1.29 is 28.2 Å². The van der Waals surface area contributed by atoms with Crippen molar-refractivity contribution in [2.75, 3.05) is 18.5 Å². The fourth-order valence-corrected chi connectivity index (χ4v) is 4.29. The van der Waals surface area contributed by atoms with Gasteiger partial charge in [-0.3, -0.25) is 14.4 Å². The van der Waals surface area contributed by atoms with Crippen LogP contribution in [0.15, 0.2) is 72.4 Å². The van der Waals surface area contributed by atoms with E-state index >= 15 is 0 Å². The molecule has 0 saturated heterocycles. The number of hydrogen-bond acceptors (Lipinski definition) is 6. The summed E-state index contributed by atoms with van der Waals surface area (Å²) in [5.41, 5.74) is 4.41. The minimum Gasteiger partial charge on any atom is -0.490 e. The van der Waals surface area contributed by atoms with Crippen LogP contribution >= 0.6 is 23.2 Å². The second-order valence-corrected chi connectivity index (χ2v) is 10.6. The fourth-order valence-electron chi connectivity index (χ4n) is 4.00. The maximum Gasteiger partial charge on any atom is 0.262 e. The van der Waals surface area contributed by atoms with Crippen LogP contribution in [-0.2, 0) is 16.0 Å². The lowest BCUT2D eigenvalue weighted by atomic mass is 10.0. The van der Waals surface area contributed by atoms with Gasteiger partial charge in [-0.2, -0.15) is 5.10 Å². The summed E-state index contributed by atoms with van der Waals surface area (Å²) in [5, 5.41) is 9.97. The molecule has 3 amide bonds. The zero-order valence-electron chi connectivity index (χ0n) is 24.5. The molecule has 44 heavy (non-hydrogen) atoms. The van der Waals surface area contributed by atoms with E-state index < -0.39 is 29.6 Å². The summed E-state index contributed by atoms with van der Waals surface area (Å²) in [6.45, 7) is 9.17. The van der Waals surface area contributed by atoms with E-state index in [0.29, 0.717) is 46.4 Å². The molecule has 0 aromatic heterocycles. The number of amides is 3. The molecule has 0 aliphatic rings. The van der Waals surface area contributed by atoms with Crippen molar-refractivity contribution in [3.63, 3.8) is 0 Å². The maximum atomic E-state index is 13.2. The Morgan fingerprint density at radius 3 is 2.39 bits per heavy atom. The highest BCUT2D eigenvalue weighted by Gasteiger charge is 2.25. The molecule has 0 spiro atoms. The van der Waals surface area contributed by atoms with Gasteiger partial charge >= 0.3 is 0 Å². The molecule has 232 valence electrons. The lowest BCUT2D eigenvalue weighted by Gasteiger charge is -2.20. The molecular formula is C32H33Cl2FN4O5. The van der Waals surface area contributed by atoms with Crippen LogP contribution in [0.5, 0.6) is 11.5 Å². The van der Waals surface area contributed by atoms with E-state index in [9.17, 15) is 18.8 Å². The van der Waals surface area contributed by atoms with E-state index in [1.54, 1.807) is 39.0 Å². The minimum atomic E-state index is -0.888. The van der Waals surface area contributed by atoms with Crippen molar-refractivity contribution in [2.45, 2.75) is 33.2 Å². The molecular weight excluding hydrogens is 610 g/mol. The SMILES string of the molecule is C=CCc1cc(/C=N/NC(=O)C(NC(=O)c2ccc(Cl)c(Cl)c2)C(C)C)cc(OCC)c1OCC(=O)Nc1ccc(F)cc1. The Morgan fingerprint density at radius 2 is 1.75 bits per heavy atom. The molecule has 1 unspecified atom stereocenters. The lowest BCUT2D eigenvalue weighted by molar-refractivity contribution is -0.124. The predicted octanol–water partition coefficient (Wildman–Crippen LogP) is 6.18. The lowest BCUT2D eigenvalue weighted by Crippen LogP contribution is -2.48. The van der Waals surface area contributed by atoms with Crippen LogP contribution in [0.25, 0.3) is 0 Å². The first-order valence-electron chi connectivity index (χ1n) is 13.7. The summed E-state index contributed by atoms with van der Waals surface area (Å²) in [7, 11) is 0. The van der Waals surface area contributed by atoms with Crippen LogP contribution in [0.2, 0.25) is 10.0 Å². The van der Waals surface area contributed by atoms with Gasteiger partial charge in [-0.15, -0.1) is 6.58 Å². The number of benzene rings is 3.